The Kier molecular flexibility index (Phi) is 9.58. The number of carbonyl (C=O) groups is 1. The van der Waals surface area contributed by atoms with Gasteiger partial charge in [0.15, 0.2) is 0 Å². The van der Waals surface area contributed by atoms with Gasteiger partial charge in [0.1, 0.15) is 16.4 Å². The molecule has 4 aromatic rings. The Morgan fingerprint density at radius 3 is 2.44 bits per heavy atom. The summed E-state index contributed by atoms with van der Waals surface area (Å²) in [7, 11) is 3.12. The second kappa shape index (κ2) is 13.1. The van der Waals surface area contributed by atoms with Gasteiger partial charge in [-0.05, 0) is 67.4 Å². The maximum Gasteiger partial charge on any atom is 0.266 e. The number of nitriles is 1. The molecule has 0 radical (unpaired) electrons. The van der Waals surface area contributed by atoms with Gasteiger partial charge >= 0.3 is 0 Å². The summed E-state index contributed by atoms with van der Waals surface area (Å²) >= 11 is 7.85. The van der Waals surface area contributed by atoms with E-state index in [0.29, 0.717) is 32.8 Å². The van der Waals surface area contributed by atoms with Crippen LogP contribution in [0, 0.1) is 17.1 Å². The van der Waals surface area contributed by atoms with E-state index in [4.69, 9.17) is 21.6 Å². The molecule has 39 heavy (non-hydrogen) atoms. The first-order valence-electron chi connectivity index (χ1n) is 12.9. The van der Waals surface area contributed by atoms with Gasteiger partial charge < -0.3 is 15.4 Å². The van der Waals surface area contributed by atoms with Crippen LogP contribution < -0.4 is 10.5 Å². The van der Waals surface area contributed by atoms with Crippen molar-refractivity contribution in [2.45, 2.75) is 44.7 Å². The summed E-state index contributed by atoms with van der Waals surface area (Å²) < 4.78 is 20.9. The molecule has 0 bridgehead atoms. The molecule has 0 atom stereocenters. The van der Waals surface area contributed by atoms with Crippen LogP contribution in [-0.4, -0.2) is 31.0 Å². The first-order valence-corrected chi connectivity index (χ1v) is 14.1. The lowest BCUT2D eigenvalue weighted by atomic mass is 9.93. The molecule has 1 aliphatic rings. The van der Waals surface area contributed by atoms with E-state index in [-0.39, 0.29) is 17.0 Å². The molecule has 1 aliphatic carbocycles. The second-order valence-electron chi connectivity index (χ2n) is 9.30. The highest BCUT2D eigenvalue weighted by Crippen LogP contribution is 2.39. The van der Waals surface area contributed by atoms with E-state index < -0.39 is 5.82 Å². The van der Waals surface area contributed by atoms with Crippen molar-refractivity contribution in [3.05, 3.63) is 87.5 Å². The average Bonchev–Trinajstić information content (AvgIpc) is 3.34. The standard InChI is InChI=1S/C30H26ClFN2O2S.CH5N/c1-36-25-15-14-21(20-12-10-19(17-33)11-13-20)16-22(25)18-34(23-6-3-2-4-7-23)30(35)29-28(31)27-24(32)8-5-9-26(27)37-29;1-2/h5,8-16,23H,2-4,6-7,18H2,1H3;2H2,1H3. The molecule has 3 aromatic carbocycles. The lowest BCUT2D eigenvalue weighted by Crippen LogP contribution is -2.40. The number of hydrogen-bond acceptors (Lipinski definition) is 5. The average molecular weight is 564 g/mol. The van der Waals surface area contributed by atoms with E-state index in [9.17, 15) is 9.18 Å². The maximum absolute atomic E-state index is 14.5. The number of ether oxygens (including phenoxy) is 1. The molecule has 1 heterocycles. The smallest absolute Gasteiger partial charge is 0.266 e. The maximum atomic E-state index is 14.5. The number of rotatable bonds is 6. The third-order valence-electron chi connectivity index (χ3n) is 7.05. The van der Waals surface area contributed by atoms with Gasteiger partial charge in [0, 0.05) is 28.2 Å². The van der Waals surface area contributed by atoms with E-state index >= 15 is 0 Å². The number of fused-ring (bicyclic) bond motifs is 1. The summed E-state index contributed by atoms with van der Waals surface area (Å²) in [5.41, 5.74) is 7.93. The van der Waals surface area contributed by atoms with Crippen LogP contribution in [0.4, 0.5) is 4.39 Å². The largest absolute Gasteiger partial charge is 0.496 e. The normalized spacial score (nSPS) is 13.3. The van der Waals surface area contributed by atoms with Crippen LogP contribution in [0.25, 0.3) is 21.2 Å². The number of amides is 1. The van der Waals surface area contributed by atoms with Crippen molar-refractivity contribution >= 4 is 38.9 Å². The molecule has 5 rings (SSSR count). The van der Waals surface area contributed by atoms with E-state index in [2.05, 4.69) is 11.8 Å². The number of hydrogen-bond donors (Lipinski definition) is 1. The molecule has 5 nitrogen and oxygen atoms in total. The monoisotopic (exact) mass is 563 g/mol. The van der Waals surface area contributed by atoms with E-state index in [1.165, 1.54) is 24.5 Å². The molecule has 2 N–H and O–H groups in total. The number of nitrogens with two attached hydrogens (primary N) is 1. The van der Waals surface area contributed by atoms with Gasteiger partial charge in [-0.1, -0.05) is 55.1 Å². The van der Waals surface area contributed by atoms with Gasteiger partial charge in [-0.3, -0.25) is 4.79 Å². The van der Waals surface area contributed by atoms with Gasteiger partial charge in [0.05, 0.1) is 23.8 Å². The minimum absolute atomic E-state index is 0.0654. The summed E-state index contributed by atoms with van der Waals surface area (Å²) in [5, 5.41) is 9.62. The van der Waals surface area contributed by atoms with Crippen molar-refractivity contribution in [1.29, 1.82) is 5.26 Å². The van der Waals surface area contributed by atoms with Crippen molar-refractivity contribution in [1.82, 2.24) is 4.90 Å². The molecular weight excluding hydrogens is 533 g/mol. The number of benzene rings is 3. The molecule has 0 spiro atoms. The van der Waals surface area contributed by atoms with Crippen LogP contribution in [0.3, 0.4) is 0 Å². The number of carbonyl (C=O) groups excluding carboxylic acids is 1. The Bertz CT molecular complexity index is 1490. The van der Waals surface area contributed by atoms with Crippen LogP contribution in [-0.2, 0) is 6.54 Å². The molecule has 1 amide bonds. The van der Waals surface area contributed by atoms with Crippen molar-refractivity contribution in [3.8, 4) is 22.9 Å². The van der Waals surface area contributed by atoms with Crippen LogP contribution >= 0.6 is 22.9 Å². The number of thiophene rings is 1. The van der Waals surface area contributed by atoms with E-state index in [1.807, 2.05) is 35.2 Å². The van der Waals surface area contributed by atoms with E-state index in [1.54, 1.807) is 31.4 Å². The molecule has 8 heteroatoms. The minimum atomic E-state index is -0.418. The predicted octanol–water partition coefficient (Wildman–Crippen LogP) is 7.79. The summed E-state index contributed by atoms with van der Waals surface area (Å²) in [6.07, 6.45) is 5.11. The Balaban J connectivity index is 0.00000172. The van der Waals surface area contributed by atoms with Crippen molar-refractivity contribution in [3.63, 3.8) is 0 Å². The number of methoxy groups -OCH3 is 1. The lowest BCUT2D eigenvalue weighted by Gasteiger charge is -2.34. The highest BCUT2D eigenvalue weighted by molar-refractivity contribution is 7.21. The summed E-state index contributed by atoms with van der Waals surface area (Å²) in [4.78, 5) is 16.3. The van der Waals surface area contributed by atoms with Crippen molar-refractivity contribution < 1.29 is 13.9 Å². The Morgan fingerprint density at radius 1 is 1.10 bits per heavy atom. The van der Waals surface area contributed by atoms with E-state index in [0.717, 1.165) is 48.8 Å². The minimum Gasteiger partial charge on any atom is -0.496 e. The third kappa shape index (κ3) is 6.09. The van der Waals surface area contributed by atoms with Gasteiger partial charge in [0.25, 0.3) is 5.91 Å². The van der Waals surface area contributed by atoms with Gasteiger partial charge in [-0.2, -0.15) is 5.26 Å². The topological polar surface area (TPSA) is 79.3 Å². The summed E-state index contributed by atoms with van der Waals surface area (Å²) in [6.45, 7) is 0.351. The molecule has 0 unspecified atom stereocenters. The third-order valence-corrected chi connectivity index (χ3v) is 8.68. The first-order chi connectivity index (χ1) is 19.0. The van der Waals surface area contributed by atoms with Crippen molar-refractivity contribution in [2.75, 3.05) is 14.2 Å². The Morgan fingerprint density at radius 2 is 1.79 bits per heavy atom. The fourth-order valence-electron chi connectivity index (χ4n) is 5.10. The number of halogens is 2. The van der Waals surface area contributed by atoms with Gasteiger partial charge in [-0.25, -0.2) is 4.39 Å². The Labute approximate surface area is 237 Å². The van der Waals surface area contributed by atoms with Gasteiger partial charge in [-0.15, -0.1) is 11.3 Å². The van der Waals surface area contributed by atoms with Crippen LogP contribution in [0.2, 0.25) is 5.02 Å². The first kappa shape index (κ1) is 28.6. The fraction of sp³-hybridized carbons (Fsp3) is 0.290. The predicted molar refractivity (Wildman–Crippen MR) is 157 cm³/mol. The zero-order chi connectivity index (χ0) is 27.9. The zero-order valence-corrected chi connectivity index (χ0v) is 23.6. The molecule has 1 aromatic heterocycles. The highest BCUT2D eigenvalue weighted by Gasteiger charge is 2.31. The Hall–Kier alpha value is -3.44. The van der Waals surface area contributed by atoms with Crippen molar-refractivity contribution in [2.24, 2.45) is 5.73 Å². The SMILES string of the molecule is CN.COc1ccc(-c2ccc(C#N)cc2)cc1CN(C(=O)c1sc2cccc(F)c2c1Cl)C1CCCCC1. The summed E-state index contributed by atoms with van der Waals surface area (Å²) in [5.74, 6) is 0.0987. The highest BCUT2D eigenvalue weighted by atomic mass is 35.5. The van der Waals surface area contributed by atoms with Gasteiger partial charge in [0.2, 0.25) is 0 Å². The molecule has 0 aliphatic heterocycles. The molecule has 202 valence electrons. The summed E-state index contributed by atoms with van der Waals surface area (Å²) in [6, 6.07) is 20.3. The second-order valence-corrected chi connectivity index (χ2v) is 10.7. The van der Waals surface area contributed by atoms with Crippen LogP contribution in [0.5, 0.6) is 5.75 Å². The number of nitrogens with zero attached hydrogens (tertiary/aromatic N) is 2. The molecule has 1 fully saturated rings. The quantitative estimate of drug-likeness (QED) is 0.259. The zero-order valence-electron chi connectivity index (χ0n) is 22.0. The molecule has 1 saturated carbocycles. The van der Waals surface area contributed by atoms with Crippen LogP contribution in [0.15, 0.2) is 60.7 Å². The lowest BCUT2D eigenvalue weighted by molar-refractivity contribution is 0.0618. The molecular formula is C31H31ClFN3O2S. The molecule has 0 saturated heterocycles. The van der Waals surface area contributed by atoms with Crippen LogP contribution in [0.1, 0.15) is 52.9 Å². The fourth-order valence-corrected chi connectivity index (χ4v) is 6.61.